The van der Waals surface area contributed by atoms with E-state index in [1.165, 1.54) is 32.2 Å². The molecule has 0 saturated carbocycles. The van der Waals surface area contributed by atoms with Crippen molar-refractivity contribution in [2.45, 2.75) is 45.1 Å². The molecule has 1 aliphatic rings. The number of carbonyl (C=O) groups is 1. The number of amides is 1. The molecule has 1 heterocycles. The van der Waals surface area contributed by atoms with Gasteiger partial charge in [0.05, 0.1) is 0 Å². The van der Waals surface area contributed by atoms with Gasteiger partial charge in [0.25, 0.3) is 5.91 Å². The van der Waals surface area contributed by atoms with Crippen LogP contribution in [-0.2, 0) is 0 Å². The minimum Gasteiger partial charge on any atom is -0.352 e. The second-order valence-corrected chi connectivity index (χ2v) is 5.57. The maximum Gasteiger partial charge on any atom is 0.251 e. The largest absolute Gasteiger partial charge is 0.352 e. The molecule has 3 nitrogen and oxygen atoms in total. The number of hydrogen-bond acceptors (Lipinski definition) is 2. The van der Waals surface area contributed by atoms with E-state index in [2.05, 4.69) is 17.1 Å². The summed E-state index contributed by atoms with van der Waals surface area (Å²) in [6.07, 6.45) is 6.32. The molecule has 0 unspecified atom stereocenters. The fraction of sp³-hybridized carbons (Fsp3) is 0.588. The van der Waals surface area contributed by atoms with Gasteiger partial charge in [-0.2, -0.15) is 0 Å². The van der Waals surface area contributed by atoms with Crippen molar-refractivity contribution in [2.75, 3.05) is 19.6 Å². The van der Waals surface area contributed by atoms with E-state index in [9.17, 15) is 4.79 Å². The van der Waals surface area contributed by atoms with Crippen LogP contribution in [0.25, 0.3) is 0 Å². The van der Waals surface area contributed by atoms with Gasteiger partial charge in [-0.3, -0.25) is 4.79 Å². The molecule has 1 saturated heterocycles. The molecule has 1 atom stereocenters. The van der Waals surface area contributed by atoms with E-state index in [0.717, 1.165) is 31.1 Å². The number of likely N-dealkylation sites (tertiary alicyclic amines) is 1. The topological polar surface area (TPSA) is 32.3 Å². The Morgan fingerprint density at radius 1 is 1.30 bits per heavy atom. The van der Waals surface area contributed by atoms with Crippen LogP contribution in [0, 0.1) is 0 Å². The summed E-state index contributed by atoms with van der Waals surface area (Å²) in [7, 11) is 0. The van der Waals surface area contributed by atoms with Crippen LogP contribution >= 0.6 is 0 Å². The van der Waals surface area contributed by atoms with Gasteiger partial charge in [0.15, 0.2) is 0 Å². The molecule has 1 aliphatic heterocycles. The van der Waals surface area contributed by atoms with Gasteiger partial charge in [-0.15, -0.1) is 0 Å². The molecule has 1 amide bonds. The SMILES string of the molecule is CC[C@@H]1CCCCN1CCCNC(=O)c1ccccc1. The van der Waals surface area contributed by atoms with Crippen molar-refractivity contribution in [2.24, 2.45) is 0 Å². The van der Waals surface area contributed by atoms with Gasteiger partial charge in [-0.25, -0.2) is 0 Å². The molecule has 0 bridgehead atoms. The highest BCUT2D eigenvalue weighted by molar-refractivity contribution is 5.94. The van der Waals surface area contributed by atoms with Crippen LogP contribution in [0.15, 0.2) is 30.3 Å². The molecule has 0 aromatic heterocycles. The Balaban J connectivity index is 1.67. The first-order valence-electron chi connectivity index (χ1n) is 7.88. The van der Waals surface area contributed by atoms with Crippen LogP contribution in [0.5, 0.6) is 0 Å². The summed E-state index contributed by atoms with van der Waals surface area (Å²) in [6, 6.07) is 10.2. The highest BCUT2D eigenvalue weighted by Gasteiger charge is 2.19. The molecule has 110 valence electrons. The first-order valence-corrected chi connectivity index (χ1v) is 7.88. The predicted molar refractivity (Wildman–Crippen MR) is 82.9 cm³/mol. The van der Waals surface area contributed by atoms with Crippen molar-refractivity contribution in [1.29, 1.82) is 0 Å². The zero-order valence-corrected chi connectivity index (χ0v) is 12.5. The molecule has 3 heteroatoms. The van der Waals surface area contributed by atoms with Crippen molar-refractivity contribution < 1.29 is 4.79 Å². The summed E-state index contributed by atoms with van der Waals surface area (Å²) < 4.78 is 0. The van der Waals surface area contributed by atoms with E-state index in [0.29, 0.717) is 0 Å². The quantitative estimate of drug-likeness (QED) is 0.809. The summed E-state index contributed by atoms with van der Waals surface area (Å²) in [5.41, 5.74) is 0.747. The molecule has 0 aliphatic carbocycles. The minimum absolute atomic E-state index is 0.0382. The standard InChI is InChI=1S/C17H26N2O/c1-2-16-11-6-7-13-19(16)14-8-12-18-17(20)15-9-4-3-5-10-15/h3-5,9-10,16H,2,6-8,11-14H2,1H3,(H,18,20)/t16-/m1/s1. The molecule has 1 aromatic carbocycles. The number of rotatable bonds is 6. The van der Waals surface area contributed by atoms with Crippen LogP contribution in [0.2, 0.25) is 0 Å². The van der Waals surface area contributed by atoms with Gasteiger partial charge in [0.2, 0.25) is 0 Å². The molecule has 1 N–H and O–H groups in total. The maximum absolute atomic E-state index is 11.9. The second-order valence-electron chi connectivity index (χ2n) is 5.57. The highest BCUT2D eigenvalue weighted by atomic mass is 16.1. The summed E-state index contributed by atoms with van der Waals surface area (Å²) in [6.45, 7) is 5.37. The number of piperidine rings is 1. The van der Waals surface area contributed by atoms with Gasteiger partial charge < -0.3 is 10.2 Å². The third-order valence-electron chi connectivity index (χ3n) is 4.16. The Morgan fingerprint density at radius 3 is 2.85 bits per heavy atom. The van der Waals surface area contributed by atoms with Crippen molar-refractivity contribution in [1.82, 2.24) is 10.2 Å². The van der Waals surface area contributed by atoms with Crippen molar-refractivity contribution in [3.05, 3.63) is 35.9 Å². The first-order chi connectivity index (χ1) is 9.81. The fourth-order valence-corrected chi connectivity index (χ4v) is 2.99. The Morgan fingerprint density at radius 2 is 2.10 bits per heavy atom. The lowest BCUT2D eigenvalue weighted by atomic mass is 10.00. The van der Waals surface area contributed by atoms with Crippen molar-refractivity contribution in [3.8, 4) is 0 Å². The number of nitrogens with zero attached hydrogens (tertiary/aromatic N) is 1. The van der Waals surface area contributed by atoms with Crippen LogP contribution in [-0.4, -0.2) is 36.5 Å². The number of nitrogens with one attached hydrogen (secondary N) is 1. The van der Waals surface area contributed by atoms with Crippen LogP contribution in [0.3, 0.4) is 0 Å². The zero-order valence-electron chi connectivity index (χ0n) is 12.5. The molecular formula is C17H26N2O. The monoisotopic (exact) mass is 274 g/mol. The summed E-state index contributed by atoms with van der Waals surface area (Å²) >= 11 is 0. The molecule has 0 spiro atoms. The second kappa shape index (κ2) is 8.05. The number of carbonyl (C=O) groups excluding carboxylic acids is 1. The normalized spacial score (nSPS) is 19.8. The van der Waals surface area contributed by atoms with Crippen molar-refractivity contribution in [3.63, 3.8) is 0 Å². The summed E-state index contributed by atoms with van der Waals surface area (Å²) in [5, 5.41) is 3.01. The number of benzene rings is 1. The molecular weight excluding hydrogens is 248 g/mol. The third-order valence-corrected chi connectivity index (χ3v) is 4.16. The smallest absolute Gasteiger partial charge is 0.251 e. The van der Waals surface area contributed by atoms with Crippen molar-refractivity contribution >= 4 is 5.91 Å². The molecule has 1 fully saturated rings. The maximum atomic E-state index is 11.9. The first kappa shape index (κ1) is 15.0. The molecule has 0 radical (unpaired) electrons. The van der Waals surface area contributed by atoms with Gasteiger partial charge in [-0.1, -0.05) is 31.5 Å². The van der Waals surface area contributed by atoms with E-state index in [-0.39, 0.29) is 5.91 Å². The Kier molecular flexibility index (Phi) is 6.06. The van der Waals surface area contributed by atoms with Gasteiger partial charge >= 0.3 is 0 Å². The van der Waals surface area contributed by atoms with E-state index >= 15 is 0 Å². The summed E-state index contributed by atoms with van der Waals surface area (Å²) in [5.74, 6) is 0.0382. The lowest BCUT2D eigenvalue weighted by molar-refractivity contribution is 0.0947. The van der Waals surface area contributed by atoms with Crippen LogP contribution in [0.4, 0.5) is 0 Å². The Bertz CT molecular complexity index is 405. The van der Waals surface area contributed by atoms with Gasteiger partial charge in [0, 0.05) is 24.7 Å². The molecule has 1 aromatic rings. The lowest BCUT2D eigenvalue weighted by Gasteiger charge is -2.35. The predicted octanol–water partition coefficient (Wildman–Crippen LogP) is 3.07. The Labute approximate surface area is 122 Å². The van der Waals surface area contributed by atoms with E-state index < -0.39 is 0 Å². The minimum atomic E-state index is 0.0382. The van der Waals surface area contributed by atoms with Crippen LogP contribution < -0.4 is 5.32 Å². The van der Waals surface area contributed by atoms with E-state index in [4.69, 9.17) is 0 Å². The lowest BCUT2D eigenvalue weighted by Crippen LogP contribution is -2.40. The zero-order chi connectivity index (χ0) is 14.2. The summed E-state index contributed by atoms with van der Waals surface area (Å²) in [4.78, 5) is 14.5. The van der Waals surface area contributed by atoms with Gasteiger partial charge in [0.1, 0.15) is 0 Å². The molecule has 20 heavy (non-hydrogen) atoms. The van der Waals surface area contributed by atoms with E-state index in [1.807, 2.05) is 30.3 Å². The third kappa shape index (κ3) is 4.34. The van der Waals surface area contributed by atoms with Crippen LogP contribution in [0.1, 0.15) is 49.4 Å². The average Bonchev–Trinajstić information content (AvgIpc) is 2.52. The highest BCUT2D eigenvalue weighted by Crippen LogP contribution is 2.19. The molecule has 2 rings (SSSR count). The van der Waals surface area contributed by atoms with Gasteiger partial charge in [-0.05, 0) is 44.4 Å². The average molecular weight is 274 g/mol. The van der Waals surface area contributed by atoms with E-state index in [1.54, 1.807) is 0 Å². The fourth-order valence-electron chi connectivity index (χ4n) is 2.99. The Hall–Kier alpha value is -1.35. The number of hydrogen-bond donors (Lipinski definition) is 1.